The van der Waals surface area contributed by atoms with Crippen LogP contribution >= 0.6 is 0 Å². The predicted octanol–water partition coefficient (Wildman–Crippen LogP) is 5.62. The second-order valence-electron chi connectivity index (χ2n) is 6.42. The van der Waals surface area contributed by atoms with Gasteiger partial charge in [-0.05, 0) is 49.9 Å². The van der Waals surface area contributed by atoms with Gasteiger partial charge in [-0.2, -0.15) is 0 Å². The van der Waals surface area contributed by atoms with Crippen molar-refractivity contribution in [2.75, 3.05) is 26.4 Å². The van der Waals surface area contributed by atoms with Gasteiger partial charge < -0.3 is 17.7 Å². The van der Waals surface area contributed by atoms with E-state index in [1.807, 2.05) is 0 Å². The van der Waals surface area contributed by atoms with E-state index in [9.17, 15) is 0 Å². The first-order valence-corrected chi connectivity index (χ1v) is 14.6. The Kier molecular flexibility index (Phi) is 14.6. The molecule has 0 amide bonds. The Morgan fingerprint density at radius 3 is 0.875 bits per heavy atom. The fourth-order valence-electron chi connectivity index (χ4n) is 2.67. The third-order valence-corrected chi connectivity index (χ3v) is 11.8. The van der Waals surface area contributed by atoms with Crippen LogP contribution in [-0.4, -0.2) is 43.5 Å². The molecule has 0 aliphatic carbocycles. The standard InChI is InChI=1S/C18H42O4Si2/c1-7-13-19-23(11-5,20-14-8-2)17-18-24(12-6,21-15-9-3)22-16-10-4/h7-18H2,1-6H3. The minimum Gasteiger partial charge on any atom is -0.394 e. The average molecular weight is 379 g/mol. The summed E-state index contributed by atoms with van der Waals surface area (Å²) in [7, 11) is -4.28. The molecule has 0 saturated carbocycles. The molecule has 4 nitrogen and oxygen atoms in total. The highest BCUT2D eigenvalue weighted by Gasteiger charge is 2.42. The van der Waals surface area contributed by atoms with Crippen LogP contribution < -0.4 is 0 Å². The molecule has 0 aromatic carbocycles. The van der Waals surface area contributed by atoms with Crippen LogP contribution in [0.1, 0.15) is 67.2 Å². The molecular formula is C18H42O4Si2. The maximum Gasteiger partial charge on any atom is 0.337 e. The Bertz CT molecular complexity index is 246. The highest BCUT2D eigenvalue weighted by molar-refractivity contribution is 6.73. The quantitative estimate of drug-likeness (QED) is 0.308. The summed E-state index contributed by atoms with van der Waals surface area (Å²) in [5.41, 5.74) is 0. The van der Waals surface area contributed by atoms with Crippen molar-refractivity contribution in [1.29, 1.82) is 0 Å². The van der Waals surface area contributed by atoms with Gasteiger partial charge in [0.15, 0.2) is 0 Å². The zero-order chi connectivity index (χ0) is 18.3. The second kappa shape index (κ2) is 14.4. The average Bonchev–Trinajstić information content (AvgIpc) is 2.63. The van der Waals surface area contributed by atoms with Crippen LogP contribution in [-0.2, 0) is 17.7 Å². The van der Waals surface area contributed by atoms with Crippen LogP contribution in [0.5, 0.6) is 0 Å². The van der Waals surface area contributed by atoms with E-state index in [4.69, 9.17) is 17.7 Å². The lowest BCUT2D eigenvalue weighted by atomic mass is 10.5. The van der Waals surface area contributed by atoms with Crippen molar-refractivity contribution < 1.29 is 17.7 Å². The van der Waals surface area contributed by atoms with E-state index in [1.165, 1.54) is 0 Å². The highest BCUT2D eigenvalue weighted by Crippen LogP contribution is 2.29. The molecule has 0 rings (SSSR count). The Labute approximate surface area is 153 Å². The molecule has 0 heterocycles. The van der Waals surface area contributed by atoms with Crippen molar-refractivity contribution in [1.82, 2.24) is 0 Å². The van der Waals surface area contributed by atoms with Gasteiger partial charge in [-0.3, -0.25) is 0 Å². The van der Waals surface area contributed by atoms with Gasteiger partial charge in [-0.25, -0.2) is 0 Å². The Morgan fingerprint density at radius 2 is 0.708 bits per heavy atom. The van der Waals surface area contributed by atoms with E-state index >= 15 is 0 Å². The van der Waals surface area contributed by atoms with Crippen LogP contribution in [0.3, 0.4) is 0 Å². The first kappa shape index (κ1) is 24.3. The number of rotatable bonds is 17. The molecule has 0 N–H and O–H groups in total. The molecule has 0 atom stereocenters. The molecule has 24 heavy (non-hydrogen) atoms. The zero-order valence-electron chi connectivity index (χ0n) is 17.1. The summed E-state index contributed by atoms with van der Waals surface area (Å²) in [5.74, 6) is 0. The summed E-state index contributed by atoms with van der Waals surface area (Å²) in [6.07, 6.45) is 4.16. The molecule has 0 aliphatic heterocycles. The van der Waals surface area contributed by atoms with E-state index in [0.717, 1.165) is 76.3 Å². The van der Waals surface area contributed by atoms with E-state index in [2.05, 4.69) is 41.5 Å². The molecule has 0 aromatic heterocycles. The van der Waals surface area contributed by atoms with E-state index in [1.54, 1.807) is 0 Å². The molecule has 0 aliphatic rings. The van der Waals surface area contributed by atoms with Crippen molar-refractivity contribution >= 4 is 17.1 Å². The first-order chi connectivity index (χ1) is 11.6. The van der Waals surface area contributed by atoms with Crippen LogP contribution in [0.15, 0.2) is 0 Å². The summed E-state index contributed by atoms with van der Waals surface area (Å²) in [6.45, 7) is 16.3. The Balaban J connectivity index is 5.02. The molecule has 0 bridgehead atoms. The normalized spacial score (nSPS) is 12.8. The molecule has 0 radical (unpaired) electrons. The molecule has 0 saturated heterocycles. The van der Waals surface area contributed by atoms with Crippen molar-refractivity contribution in [2.24, 2.45) is 0 Å². The van der Waals surface area contributed by atoms with Crippen molar-refractivity contribution in [3.63, 3.8) is 0 Å². The third kappa shape index (κ3) is 9.10. The summed E-state index contributed by atoms with van der Waals surface area (Å²) in [4.78, 5) is 0. The fraction of sp³-hybridized carbons (Fsp3) is 1.00. The largest absolute Gasteiger partial charge is 0.394 e. The first-order valence-electron chi connectivity index (χ1n) is 10.1. The van der Waals surface area contributed by atoms with Crippen LogP contribution in [0.2, 0.25) is 24.2 Å². The smallest absolute Gasteiger partial charge is 0.337 e. The van der Waals surface area contributed by atoms with Gasteiger partial charge >= 0.3 is 17.1 Å². The molecule has 0 spiro atoms. The topological polar surface area (TPSA) is 36.9 Å². The molecule has 0 unspecified atom stereocenters. The number of hydrogen-bond acceptors (Lipinski definition) is 4. The SMILES string of the molecule is CCCO[Si](CC)(CC[Si](CC)(OCCC)OCCC)OCCC. The summed E-state index contributed by atoms with van der Waals surface area (Å²) in [6, 6.07) is 4.00. The Hall–Kier alpha value is 0.274. The lowest BCUT2D eigenvalue weighted by Crippen LogP contribution is -2.48. The van der Waals surface area contributed by atoms with Crippen LogP contribution in [0, 0.1) is 0 Å². The van der Waals surface area contributed by atoms with Gasteiger partial charge in [-0.1, -0.05) is 41.5 Å². The Morgan fingerprint density at radius 1 is 0.458 bits per heavy atom. The minimum absolute atomic E-state index is 0.802. The van der Waals surface area contributed by atoms with Crippen molar-refractivity contribution in [3.05, 3.63) is 0 Å². The second-order valence-corrected chi connectivity index (χ2v) is 13.6. The summed E-state index contributed by atoms with van der Waals surface area (Å²) in [5, 5.41) is 0. The van der Waals surface area contributed by atoms with Gasteiger partial charge in [0.2, 0.25) is 0 Å². The highest BCUT2D eigenvalue weighted by atomic mass is 28.4. The maximum absolute atomic E-state index is 6.31. The lowest BCUT2D eigenvalue weighted by molar-refractivity contribution is 0.157. The van der Waals surface area contributed by atoms with Crippen molar-refractivity contribution in [3.8, 4) is 0 Å². The molecule has 146 valence electrons. The van der Waals surface area contributed by atoms with Gasteiger partial charge in [0.25, 0.3) is 0 Å². The van der Waals surface area contributed by atoms with Crippen molar-refractivity contribution in [2.45, 2.75) is 91.4 Å². The number of hydrogen-bond donors (Lipinski definition) is 0. The molecule has 6 heteroatoms. The molecular weight excluding hydrogens is 336 g/mol. The van der Waals surface area contributed by atoms with E-state index in [0.29, 0.717) is 0 Å². The maximum atomic E-state index is 6.31. The van der Waals surface area contributed by atoms with Gasteiger partial charge in [0.1, 0.15) is 0 Å². The van der Waals surface area contributed by atoms with E-state index < -0.39 is 17.1 Å². The zero-order valence-corrected chi connectivity index (χ0v) is 19.1. The van der Waals surface area contributed by atoms with E-state index in [-0.39, 0.29) is 0 Å². The molecule has 0 fully saturated rings. The molecule has 0 aromatic rings. The summed E-state index contributed by atoms with van der Waals surface area (Å²) < 4.78 is 25.2. The summed E-state index contributed by atoms with van der Waals surface area (Å²) >= 11 is 0. The lowest BCUT2D eigenvalue weighted by Gasteiger charge is -2.35. The predicted molar refractivity (Wildman–Crippen MR) is 107 cm³/mol. The van der Waals surface area contributed by atoms with Crippen LogP contribution in [0.25, 0.3) is 0 Å². The fourth-order valence-corrected chi connectivity index (χ4v) is 10.3. The van der Waals surface area contributed by atoms with Gasteiger partial charge in [-0.15, -0.1) is 0 Å². The van der Waals surface area contributed by atoms with Gasteiger partial charge in [0, 0.05) is 26.4 Å². The monoisotopic (exact) mass is 378 g/mol. The van der Waals surface area contributed by atoms with Crippen LogP contribution in [0.4, 0.5) is 0 Å². The van der Waals surface area contributed by atoms with Gasteiger partial charge in [0.05, 0.1) is 0 Å². The minimum atomic E-state index is -2.14. The third-order valence-electron chi connectivity index (χ3n) is 4.24.